The highest BCUT2D eigenvalue weighted by Gasteiger charge is 2.37. The third kappa shape index (κ3) is 3.11. The van der Waals surface area contributed by atoms with Crippen molar-refractivity contribution in [2.75, 3.05) is 6.54 Å². The molecule has 4 nitrogen and oxygen atoms in total. The van der Waals surface area contributed by atoms with Crippen molar-refractivity contribution >= 4 is 11.5 Å². The quantitative estimate of drug-likeness (QED) is 0.924. The van der Waals surface area contributed by atoms with Crippen LogP contribution in [-0.4, -0.2) is 22.0 Å². The largest absolute Gasteiger partial charge is 0.465 e. The minimum absolute atomic E-state index is 0.0207. The first kappa shape index (κ1) is 13.5. The van der Waals surface area contributed by atoms with Gasteiger partial charge in [0, 0.05) is 17.5 Å². The van der Waals surface area contributed by atoms with Crippen molar-refractivity contribution in [3.05, 3.63) is 5.82 Å². The number of hydrogen-bond donors (Lipinski definition) is 1. The Balaban J connectivity index is 2.02. The summed E-state index contributed by atoms with van der Waals surface area (Å²) in [5.74, 6) is -0.945. The molecule has 1 aliphatic carbocycles. The Morgan fingerprint density at radius 3 is 2.67 bits per heavy atom. The number of alkyl halides is 3. The van der Waals surface area contributed by atoms with Gasteiger partial charge in [-0.2, -0.15) is 22.5 Å². The lowest BCUT2D eigenvalue weighted by Crippen LogP contribution is -2.35. The average Bonchev–Trinajstić information content (AvgIpc) is 2.78. The van der Waals surface area contributed by atoms with Crippen molar-refractivity contribution in [2.45, 2.75) is 38.0 Å². The first-order chi connectivity index (χ1) is 8.50. The normalized spacial score (nSPS) is 25.1. The minimum atomic E-state index is -4.52. The molecular weight excluding hydrogens is 267 g/mol. The number of rotatable bonds is 3. The summed E-state index contributed by atoms with van der Waals surface area (Å²) in [6, 6.07) is 0. The molecule has 102 valence electrons. The van der Waals surface area contributed by atoms with E-state index in [4.69, 9.17) is 10.5 Å². The van der Waals surface area contributed by atoms with Gasteiger partial charge in [-0.3, -0.25) is 0 Å². The molecule has 1 aromatic rings. The minimum Gasteiger partial charge on any atom is -0.465 e. The molecule has 8 heteroatoms. The number of nitrogens with two attached hydrogens (primary N) is 1. The summed E-state index contributed by atoms with van der Waals surface area (Å²) in [5, 5.41) is -0.0207. The van der Waals surface area contributed by atoms with Gasteiger partial charge in [0.25, 0.3) is 11.0 Å². The Hall–Kier alpha value is -0.890. The van der Waals surface area contributed by atoms with Crippen LogP contribution in [0.3, 0.4) is 0 Å². The molecule has 0 spiro atoms. The summed E-state index contributed by atoms with van der Waals surface area (Å²) < 4.78 is 45.7. The fourth-order valence-electron chi connectivity index (χ4n) is 2.10. The van der Waals surface area contributed by atoms with Gasteiger partial charge in [0.05, 0.1) is 0 Å². The number of hydrogen-bond acceptors (Lipinski definition) is 5. The summed E-state index contributed by atoms with van der Waals surface area (Å²) in [7, 11) is 0. The highest BCUT2D eigenvalue weighted by atomic mass is 32.1. The smallest absolute Gasteiger partial charge is 0.452 e. The molecule has 1 saturated carbocycles. The van der Waals surface area contributed by atoms with Crippen LogP contribution in [0, 0.1) is 5.92 Å². The highest BCUT2D eigenvalue weighted by Crippen LogP contribution is 2.32. The van der Waals surface area contributed by atoms with Crippen LogP contribution in [0.5, 0.6) is 5.19 Å². The third-order valence-electron chi connectivity index (χ3n) is 3.06. The van der Waals surface area contributed by atoms with E-state index in [2.05, 4.69) is 9.36 Å². The van der Waals surface area contributed by atoms with Gasteiger partial charge in [0.1, 0.15) is 6.10 Å². The molecule has 2 rings (SSSR count). The molecular formula is C10H14F3N3OS. The van der Waals surface area contributed by atoms with E-state index in [-0.39, 0.29) is 17.2 Å². The molecule has 1 heterocycles. The van der Waals surface area contributed by atoms with Crippen molar-refractivity contribution in [1.82, 2.24) is 9.36 Å². The Morgan fingerprint density at radius 1 is 1.33 bits per heavy atom. The maximum Gasteiger partial charge on any atom is 0.452 e. The highest BCUT2D eigenvalue weighted by molar-refractivity contribution is 7.07. The number of nitrogens with zero attached hydrogens (tertiary/aromatic N) is 2. The van der Waals surface area contributed by atoms with Crippen LogP contribution >= 0.6 is 11.5 Å². The van der Waals surface area contributed by atoms with Crippen molar-refractivity contribution < 1.29 is 17.9 Å². The second kappa shape index (κ2) is 5.40. The van der Waals surface area contributed by atoms with Gasteiger partial charge in [-0.1, -0.05) is 6.42 Å². The number of ether oxygens (including phenoxy) is 1. The lowest BCUT2D eigenvalue weighted by molar-refractivity contribution is -0.144. The standard InChI is InChI=1S/C10H14F3N3OS/c11-10(12,13)8-15-9(18-16-8)17-7-4-2-1-3-6(7)5-14/h6-7H,1-5,14H2. The van der Waals surface area contributed by atoms with E-state index in [0.29, 0.717) is 18.1 Å². The molecule has 2 atom stereocenters. The van der Waals surface area contributed by atoms with E-state index in [0.717, 1.165) is 25.7 Å². The molecule has 1 aromatic heterocycles. The first-order valence-corrected chi connectivity index (χ1v) is 6.55. The predicted octanol–water partition coefficient (Wildman–Crippen LogP) is 2.45. The molecule has 2 unspecified atom stereocenters. The van der Waals surface area contributed by atoms with Gasteiger partial charge in [-0.25, -0.2) is 0 Å². The summed E-state index contributed by atoms with van der Waals surface area (Å²) >= 11 is 0.638. The topological polar surface area (TPSA) is 61.0 Å². The zero-order valence-electron chi connectivity index (χ0n) is 9.61. The van der Waals surface area contributed by atoms with Crippen LogP contribution in [-0.2, 0) is 6.18 Å². The summed E-state index contributed by atoms with van der Waals surface area (Å²) in [6.45, 7) is 0.482. The lowest BCUT2D eigenvalue weighted by atomic mass is 9.86. The summed E-state index contributed by atoms with van der Waals surface area (Å²) in [6.07, 6.45) is -0.803. The monoisotopic (exact) mass is 281 g/mol. The number of halogens is 3. The lowest BCUT2D eigenvalue weighted by Gasteiger charge is -2.29. The Bertz CT molecular complexity index is 396. The fourth-order valence-corrected chi connectivity index (χ4v) is 2.70. The van der Waals surface area contributed by atoms with Crippen LogP contribution in [0.2, 0.25) is 0 Å². The van der Waals surface area contributed by atoms with Crippen LogP contribution in [0.25, 0.3) is 0 Å². The van der Waals surface area contributed by atoms with Crippen molar-refractivity contribution in [3.63, 3.8) is 0 Å². The summed E-state index contributed by atoms with van der Waals surface area (Å²) in [5.41, 5.74) is 5.63. The van der Waals surface area contributed by atoms with Gasteiger partial charge in [0.2, 0.25) is 0 Å². The zero-order valence-corrected chi connectivity index (χ0v) is 10.4. The van der Waals surface area contributed by atoms with Crippen molar-refractivity contribution in [3.8, 4) is 5.19 Å². The van der Waals surface area contributed by atoms with Crippen molar-refractivity contribution in [1.29, 1.82) is 0 Å². The summed E-state index contributed by atoms with van der Waals surface area (Å²) in [4.78, 5) is 3.36. The second-order valence-corrected chi connectivity index (χ2v) is 5.03. The molecule has 0 radical (unpaired) electrons. The maximum absolute atomic E-state index is 12.3. The van der Waals surface area contributed by atoms with Crippen molar-refractivity contribution in [2.24, 2.45) is 11.7 Å². The SMILES string of the molecule is NCC1CCCCC1Oc1nc(C(F)(F)F)ns1. The van der Waals surface area contributed by atoms with Gasteiger partial charge in [0.15, 0.2) is 0 Å². The van der Waals surface area contributed by atoms with E-state index >= 15 is 0 Å². The molecule has 1 aliphatic rings. The molecule has 0 saturated heterocycles. The van der Waals surface area contributed by atoms with Gasteiger partial charge >= 0.3 is 6.18 Å². The molecule has 2 N–H and O–H groups in total. The molecule has 0 amide bonds. The fraction of sp³-hybridized carbons (Fsp3) is 0.800. The van der Waals surface area contributed by atoms with E-state index in [1.807, 2.05) is 0 Å². The average molecular weight is 281 g/mol. The van der Waals surface area contributed by atoms with E-state index < -0.39 is 12.0 Å². The van der Waals surface area contributed by atoms with E-state index in [1.54, 1.807) is 0 Å². The predicted molar refractivity (Wildman–Crippen MR) is 60.3 cm³/mol. The van der Waals surface area contributed by atoms with Crippen LogP contribution in [0.1, 0.15) is 31.5 Å². The van der Waals surface area contributed by atoms with Crippen LogP contribution in [0.4, 0.5) is 13.2 Å². The Kier molecular flexibility index (Phi) is 4.06. The maximum atomic E-state index is 12.3. The molecule has 0 aromatic carbocycles. The van der Waals surface area contributed by atoms with Crippen LogP contribution < -0.4 is 10.5 Å². The molecule has 1 fully saturated rings. The van der Waals surface area contributed by atoms with Crippen LogP contribution in [0.15, 0.2) is 0 Å². The van der Waals surface area contributed by atoms with E-state index in [9.17, 15) is 13.2 Å². The zero-order chi connectivity index (χ0) is 13.2. The molecule has 0 aliphatic heterocycles. The van der Waals surface area contributed by atoms with Gasteiger partial charge in [-0.05, 0) is 25.8 Å². The second-order valence-electron chi connectivity index (χ2n) is 4.32. The Morgan fingerprint density at radius 2 is 2.06 bits per heavy atom. The Labute approximate surface area is 107 Å². The third-order valence-corrected chi connectivity index (χ3v) is 3.66. The number of aromatic nitrogens is 2. The van der Waals surface area contributed by atoms with Gasteiger partial charge < -0.3 is 10.5 Å². The first-order valence-electron chi connectivity index (χ1n) is 5.78. The van der Waals surface area contributed by atoms with E-state index in [1.165, 1.54) is 0 Å². The van der Waals surface area contributed by atoms with Gasteiger partial charge in [-0.15, -0.1) is 0 Å². The molecule has 18 heavy (non-hydrogen) atoms. The molecule has 0 bridgehead atoms.